The van der Waals surface area contributed by atoms with Gasteiger partial charge in [-0.2, -0.15) is 0 Å². The molecule has 1 aliphatic rings. The summed E-state index contributed by atoms with van der Waals surface area (Å²) in [6.07, 6.45) is 0.629. The molecule has 0 radical (unpaired) electrons. The van der Waals surface area contributed by atoms with Gasteiger partial charge in [-0.1, -0.05) is 6.07 Å². The van der Waals surface area contributed by atoms with Gasteiger partial charge in [0.1, 0.15) is 0 Å². The maximum Gasteiger partial charge on any atom is 0.273 e. The molecule has 1 aromatic carbocycles. The molecule has 0 saturated carbocycles. The number of benzene rings is 1. The molecule has 6 heteroatoms. The zero-order valence-corrected chi connectivity index (χ0v) is 9.78. The van der Waals surface area contributed by atoms with Crippen molar-refractivity contribution in [2.75, 3.05) is 0 Å². The van der Waals surface area contributed by atoms with E-state index in [-0.39, 0.29) is 16.9 Å². The number of alkyl halides is 2. The quantitative estimate of drug-likeness (QED) is 0.732. The van der Waals surface area contributed by atoms with Crippen LogP contribution in [0.2, 0.25) is 0 Å². The van der Waals surface area contributed by atoms with Crippen molar-refractivity contribution in [3.05, 3.63) is 29.3 Å². The molecule has 0 N–H and O–H groups in total. The van der Waals surface area contributed by atoms with E-state index in [1.54, 1.807) is 0 Å². The van der Waals surface area contributed by atoms with Crippen LogP contribution in [0.1, 0.15) is 24.0 Å². The molecule has 88 valence electrons. The summed E-state index contributed by atoms with van der Waals surface area (Å²) in [5.74, 6) is -2.86. The van der Waals surface area contributed by atoms with Crippen molar-refractivity contribution in [1.29, 1.82) is 0 Å². The lowest BCUT2D eigenvalue weighted by atomic mass is 9.89. The van der Waals surface area contributed by atoms with E-state index in [0.717, 1.165) is 12.1 Å². The highest BCUT2D eigenvalue weighted by Gasteiger charge is 2.36. The second kappa shape index (κ2) is 3.67. The summed E-state index contributed by atoms with van der Waals surface area (Å²) in [7, 11) is 1.31. The number of rotatable bonds is 1. The number of aryl methyl sites for hydroxylation is 1. The van der Waals surface area contributed by atoms with Gasteiger partial charge in [-0.25, -0.2) is 17.2 Å². The highest BCUT2D eigenvalue weighted by Crippen LogP contribution is 2.40. The van der Waals surface area contributed by atoms with Crippen LogP contribution >= 0.6 is 10.7 Å². The first-order valence-corrected chi connectivity index (χ1v) is 7.07. The first-order valence-electron chi connectivity index (χ1n) is 4.76. The smallest absolute Gasteiger partial charge is 0.207 e. The van der Waals surface area contributed by atoms with Gasteiger partial charge in [0.25, 0.3) is 15.0 Å². The minimum atomic E-state index is -3.85. The van der Waals surface area contributed by atoms with Gasteiger partial charge >= 0.3 is 0 Å². The average Bonchev–Trinajstić information content (AvgIpc) is 2.15. The number of hydrogen-bond acceptors (Lipinski definition) is 2. The average molecular weight is 267 g/mol. The molecule has 1 aliphatic carbocycles. The lowest BCUT2D eigenvalue weighted by Gasteiger charge is -2.25. The summed E-state index contributed by atoms with van der Waals surface area (Å²) >= 11 is 0. The summed E-state index contributed by atoms with van der Waals surface area (Å²) in [5.41, 5.74) is 0.292. The Morgan fingerprint density at radius 2 is 2.00 bits per heavy atom. The highest BCUT2D eigenvalue weighted by molar-refractivity contribution is 8.13. The van der Waals surface area contributed by atoms with Gasteiger partial charge in [0, 0.05) is 22.7 Å². The summed E-state index contributed by atoms with van der Waals surface area (Å²) in [6.45, 7) is 0. The second-order valence-electron chi connectivity index (χ2n) is 3.81. The molecule has 0 unspecified atom stereocenters. The van der Waals surface area contributed by atoms with Crippen molar-refractivity contribution in [1.82, 2.24) is 0 Å². The Kier molecular flexibility index (Phi) is 2.70. The van der Waals surface area contributed by atoms with Crippen LogP contribution < -0.4 is 0 Å². The summed E-state index contributed by atoms with van der Waals surface area (Å²) in [4.78, 5) is -0.120. The number of halogens is 3. The Morgan fingerprint density at radius 1 is 1.31 bits per heavy atom. The van der Waals surface area contributed by atoms with E-state index in [9.17, 15) is 17.2 Å². The van der Waals surface area contributed by atoms with Crippen molar-refractivity contribution in [3.63, 3.8) is 0 Å². The molecule has 2 rings (SSSR count). The Morgan fingerprint density at radius 3 is 2.62 bits per heavy atom. The van der Waals surface area contributed by atoms with Gasteiger partial charge in [0.05, 0.1) is 4.90 Å². The van der Waals surface area contributed by atoms with Crippen LogP contribution in [0.5, 0.6) is 0 Å². The fraction of sp³-hybridized carbons (Fsp3) is 0.400. The van der Waals surface area contributed by atoms with Crippen molar-refractivity contribution < 1.29 is 17.2 Å². The molecular formula is C10H9ClF2O2S. The summed E-state index contributed by atoms with van der Waals surface area (Å²) < 4.78 is 49.0. The number of fused-ring (bicyclic) bond motifs is 1. The molecule has 0 amide bonds. The summed E-state index contributed by atoms with van der Waals surface area (Å²) in [6, 6.07) is 3.52. The molecule has 0 heterocycles. The molecule has 0 bridgehead atoms. The lowest BCUT2D eigenvalue weighted by Crippen LogP contribution is -2.21. The minimum Gasteiger partial charge on any atom is -0.207 e. The van der Waals surface area contributed by atoms with Crippen LogP contribution in [-0.2, 0) is 21.4 Å². The zero-order valence-electron chi connectivity index (χ0n) is 8.21. The molecule has 0 spiro atoms. The third-order valence-electron chi connectivity index (χ3n) is 2.69. The molecule has 1 aromatic rings. The van der Waals surface area contributed by atoms with Crippen LogP contribution in [0.3, 0.4) is 0 Å². The normalized spacial score (nSPS) is 19.2. The second-order valence-corrected chi connectivity index (χ2v) is 6.38. The van der Waals surface area contributed by atoms with E-state index in [1.807, 2.05) is 0 Å². The third kappa shape index (κ3) is 2.06. The van der Waals surface area contributed by atoms with Crippen molar-refractivity contribution in [2.45, 2.75) is 30.1 Å². The van der Waals surface area contributed by atoms with E-state index < -0.39 is 15.0 Å². The van der Waals surface area contributed by atoms with Gasteiger partial charge in [0.2, 0.25) is 0 Å². The van der Waals surface area contributed by atoms with E-state index in [4.69, 9.17) is 10.7 Å². The van der Waals surface area contributed by atoms with Crippen LogP contribution in [0.25, 0.3) is 0 Å². The van der Waals surface area contributed by atoms with Gasteiger partial charge in [-0.3, -0.25) is 0 Å². The molecule has 0 fully saturated rings. The predicted octanol–water partition coefficient (Wildman–Crippen LogP) is 3.04. The molecular weight excluding hydrogens is 258 g/mol. The Hall–Kier alpha value is -0.680. The van der Waals surface area contributed by atoms with E-state index in [2.05, 4.69) is 0 Å². The van der Waals surface area contributed by atoms with Gasteiger partial charge in [-0.15, -0.1) is 0 Å². The first-order chi connectivity index (χ1) is 7.31. The maximum atomic E-state index is 13.4. The lowest BCUT2D eigenvalue weighted by molar-refractivity contribution is -0.0217. The van der Waals surface area contributed by atoms with E-state index >= 15 is 0 Å². The monoisotopic (exact) mass is 266 g/mol. The van der Waals surface area contributed by atoms with Crippen molar-refractivity contribution >= 4 is 19.7 Å². The molecule has 16 heavy (non-hydrogen) atoms. The minimum absolute atomic E-state index is 0.0807. The number of hydrogen-bond donors (Lipinski definition) is 0. The van der Waals surface area contributed by atoms with Gasteiger partial charge < -0.3 is 0 Å². The molecule has 0 saturated heterocycles. The van der Waals surface area contributed by atoms with Crippen molar-refractivity contribution in [2.24, 2.45) is 0 Å². The fourth-order valence-corrected chi connectivity index (χ4v) is 2.72. The molecule has 2 nitrogen and oxygen atoms in total. The van der Waals surface area contributed by atoms with Crippen molar-refractivity contribution in [3.8, 4) is 0 Å². The molecule has 0 aromatic heterocycles. The Balaban J connectivity index is 2.56. The highest BCUT2D eigenvalue weighted by atomic mass is 35.7. The first kappa shape index (κ1) is 11.8. The van der Waals surface area contributed by atoms with Gasteiger partial charge in [-0.05, 0) is 30.5 Å². The van der Waals surface area contributed by atoms with Crippen LogP contribution in [0.15, 0.2) is 23.1 Å². The van der Waals surface area contributed by atoms with Gasteiger partial charge in [0.15, 0.2) is 0 Å². The Labute approximate surface area is 96.6 Å². The maximum absolute atomic E-state index is 13.4. The van der Waals surface area contributed by atoms with Crippen LogP contribution in [-0.4, -0.2) is 8.42 Å². The molecule has 0 aliphatic heterocycles. The SMILES string of the molecule is O=S(=O)(Cl)c1ccc2c(c1)CCCC2(F)F. The zero-order chi connectivity index (χ0) is 12.0. The fourth-order valence-electron chi connectivity index (χ4n) is 1.92. The van der Waals surface area contributed by atoms with Crippen LogP contribution in [0, 0.1) is 0 Å². The van der Waals surface area contributed by atoms with E-state index in [1.165, 1.54) is 6.07 Å². The molecule has 0 atom stereocenters. The topological polar surface area (TPSA) is 34.1 Å². The van der Waals surface area contributed by atoms with E-state index in [0.29, 0.717) is 18.4 Å². The summed E-state index contributed by atoms with van der Waals surface area (Å²) in [5, 5.41) is 0. The third-order valence-corrected chi connectivity index (χ3v) is 4.04. The standard InChI is InChI=1S/C10H9ClF2O2S/c11-16(14,15)8-3-4-9-7(6-8)2-1-5-10(9,12)13/h3-4,6H,1-2,5H2. The largest absolute Gasteiger partial charge is 0.273 e. The Bertz CT molecular complexity index is 526. The predicted molar refractivity (Wildman–Crippen MR) is 56.3 cm³/mol. The van der Waals surface area contributed by atoms with Crippen LogP contribution in [0.4, 0.5) is 8.78 Å².